The Morgan fingerprint density at radius 1 is 1.00 bits per heavy atom. The Balaban J connectivity index is 2.19. The van der Waals surface area contributed by atoms with E-state index in [-0.39, 0.29) is 10.6 Å². The van der Waals surface area contributed by atoms with E-state index in [2.05, 4.69) is 0 Å². The van der Waals surface area contributed by atoms with Gasteiger partial charge in [-0.05, 0) is 24.3 Å². The summed E-state index contributed by atoms with van der Waals surface area (Å²) in [5.41, 5.74) is 7.47. The molecule has 24 heavy (non-hydrogen) atoms. The van der Waals surface area contributed by atoms with E-state index in [1.165, 1.54) is 28.9 Å². The summed E-state index contributed by atoms with van der Waals surface area (Å²) in [7, 11) is -2.60. The number of nitrogens with zero attached hydrogens (tertiary/aromatic N) is 2. The fourth-order valence-corrected chi connectivity index (χ4v) is 3.09. The molecule has 2 aromatic carbocycles. The van der Waals surface area contributed by atoms with E-state index in [9.17, 15) is 13.2 Å². The molecule has 1 heterocycles. The molecule has 0 bridgehead atoms. The van der Waals surface area contributed by atoms with Gasteiger partial charge in [0.25, 0.3) is 15.7 Å². The van der Waals surface area contributed by atoms with Crippen molar-refractivity contribution in [1.29, 1.82) is 0 Å². The van der Waals surface area contributed by atoms with Crippen LogP contribution >= 0.6 is 0 Å². The minimum atomic E-state index is -4.29. The summed E-state index contributed by atoms with van der Waals surface area (Å²) in [5.74, 6) is 0. The third kappa shape index (κ3) is 2.61. The SMILES string of the molecule is Cn1c(-c2ccccc2)c(N)c(=O)n1-c1ccc(S(=O)(=O)O)cc1. The second kappa shape index (κ2) is 5.66. The molecule has 124 valence electrons. The number of benzene rings is 2. The number of nitrogen functional groups attached to an aromatic ring is 1. The first kappa shape index (κ1) is 16.0. The molecule has 0 saturated heterocycles. The summed E-state index contributed by atoms with van der Waals surface area (Å²) in [6, 6.07) is 14.5. The molecule has 0 aliphatic carbocycles. The van der Waals surface area contributed by atoms with Crippen molar-refractivity contribution >= 4 is 15.8 Å². The molecule has 0 fully saturated rings. The van der Waals surface area contributed by atoms with Gasteiger partial charge in [-0.25, -0.2) is 4.68 Å². The van der Waals surface area contributed by atoms with Crippen molar-refractivity contribution in [3.8, 4) is 16.9 Å². The minimum Gasteiger partial charge on any atom is -0.392 e. The van der Waals surface area contributed by atoms with Gasteiger partial charge >= 0.3 is 0 Å². The molecule has 0 aliphatic heterocycles. The predicted molar refractivity (Wildman–Crippen MR) is 90.7 cm³/mol. The first-order chi connectivity index (χ1) is 11.3. The van der Waals surface area contributed by atoms with Crippen molar-refractivity contribution in [1.82, 2.24) is 9.36 Å². The lowest BCUT2D eigenvalue weighted by Crippen LogP contribution is -2.20. The molecule has 3 N–H and O–H groups in total. The summed E-state index contributed by atoms with van der Waals surface area (Å²) < 4.78 is 34.2. The summed E-state index contributed by atoms with van der Waals surface area (Å²) >= 11 is 0. The lowest BCUT2D eigenvalue weighted by atomic mass is 10.1. The van der Waals surface area contributed by atoms with Gasteiger partial charge in [-0.2, -0.15) is 8.42 Å². The van der Waals surface area contributed by atoms with Crippen LogP contribution in [0, 0.1) is 0 Å². The first-order valence-corrected chi connectivity index (χ1v) is 8.45. The van der Waals surface area contributed by atoms with Gasteiger partial charge in [0.1, 0.15) is 5.69 Å². The molecule has 1 aromatic heterocycles. The normalized spacial score (nSPS) is 11.6. The van der Waals surface area contributed by atoms with E-state index >= 15 is 0 Å². The summed E-state index contributed by atoms with van der Waals surface area (Å²) in [4.78, 5) is 12.3. The van der Waals surface area contributed by atoms with E-state index in [4.69, 9.17) is 10.3 Å². The Labute approximate surface area is 138 Å². The van der Waals surface area contributed by atoms with Crippen LogP contribution in [-0.2, 0) is 17.2 Å². The van der Waals surface area contributed by atoms with Crippen LogP contribution in [0.4, 0.5) is 5.69 Å². The predicted octanol–water partition coefficient (Wildman–Crippen LogP) is 1.67. The number of hydrogen-bond acceptors (Lipinski definition) is 4. The van der Waals surface area contributed by atoms with Crippen LogP contribution in [0.25, 0.3) is 16.9 Å². The Morgan fingerprint density at radius 3 is 2.12 bits per heavy atom. The van der Waals surface area contributed by atoms with Crippen molar-refractivity contribution in [2.75, 3.05) is 5.73 Å². The Kier molecular flexibility index (Phi) is 3.78. The average molecular weight is 345 g/mol. The zero-order valence-corrected chi connectivity index (χ0v) is 13.6. The molecule has 3 rings (SSSR count). The largest absolute Gasteiger partial charge is 0.392 e. The maximum absolute atomic E-state index is 12.5. The molecule has 8 heteroatoms. The van der Waals surface area contributed by atoms with Crippen LogP contribution in [0.1, 0.15) is 0 Å². The highest BCUT2D eigenvalue weighted by Crippen LogP contribution is 2.24. The molecular formula is C16H15N3O4S. The minimum absolute atomic E-state index is 0.0996. The van der Waals surface area contributed by atoms with E-state index in [1.54, 1.807) is 11.7 Å². The second-order valence-electron chi connectivity index (χ2n) is 5.24. The van der Waals surface area contributed by atoms with E-state index in [0.29, 0.717) is 11.4 Å². The van der Waals surface area contributed by atoms with E-state index < -0.39 is 15.7 Å². The van der Waals surface area contributed by atoms with Gasteiger partial charge in [0.15, 0.2) is 0 Å². The number of anilines is 1. The molecule has 0 atom stereocenters. The molecular weight excluding hydrogens is 330 g/mol. The van der Waals surface area contributed by atoms with Crippen LogP contribution < -0.4 is 11.3 Å². The molecule has 0 unspecified atom stereocenters. The molecule has 0 aliphatic rings. The molecule has 0 radical (unpaired) electrons. The Hall–Kier alpha value is -2.84. The monoisotopic (exact) mass is 345 g/mol. The zero-order chi connectivity index (χ0) is 17.5. The van der Waals surface area contributed by atoms with Gasteiger partial charge in [-0.15, -0.1) is 0 Å². The fraction of sp³-hybridized carbons (Fsp3) is 0.0625. The van der Waals surface area contributed by atoms with E-state index in [0.717, 1.165) is 5.56 Å². The van der Waals surface area contributed by atoms with Crippen LogP contribution in [0.2, 0.25) is 0 Å². The van der Waals surface area contributed by atoms with Crippen LogP contribution in [0.3, 0.4) is 0 Å². The van der Waals surface area contributed by atoms with Crippen LogP contribution in [-0.4, -0.2) is 22.3 Å². The molecule has 0 amide bonds. The smallest absolute Gasteiger partial charge is 0.295 e. The van der Waals surface area contributed by atoms with Crippen molar-refractivity contribution in [3.63, 3.8) is 0 Å². The van der Waals surface area contributed by atoms with Gasteiger partial charge in [0.2, 0.25) is 0 Å². The summed E-state index contributed by atoms with van der Waals surface area (Å²) in [5, 5.41) is 0. The Bertz CT molecular complexity index is 1050. The van der Waals surface area contributed by atoms with Crippen molar-refractivity contribution in [2.45, 2.75) is 4.90 Å². The standard InChI is InChI=1S/C16H15N3O4S/c1-18-15(11-5-3-2-4-6-11)14(17)16(20)19(18)12-7-9-13(10-8-12)24(21,22)23/h2-10H,17H2,1H3,(H,21,22,23). The molecule has 7 nitrogen and oxygen atoms in total. The van der Waals surface area contributed by atoms with Crippen molar-refractivity contribution < 1.29 is 13.0 Å². The van der Waals surface area contributed by atoms with Crippen molar-refractivity contribution in [2.24, 2.45) is 7.05 Å². The fourth-order valence-electron chi connectivity index (χ4n) is 2.61. The highest BCUT2D eigenvalue weighted by atomic mass is 32.2. The van der Waals surface area contributed by atoms with Gasteiger partial charge in [-0.3, -0.25) is 14.0 Å². The van der Waals surface area contributed by atoms with Gasteiger partial charge in [0, 0.05) is 12.6 Å². The number of nitrogens with two attached hydrogens (primary N) is 1. The first-order valence-electron chi connectivity index (χ1n) is 7.01. The highest BCUT2D eigenvalue weighted by Gasteiger charge is 2.18. The number of hydrogen-bond donors (Lipinski definition) is 2. The average Bonchev–Trinajstić information content (AvgIpc) is 2.77. The zero-order valence-electron chi connectivity index (χ0n) is 12.7. The van der Waals surface area contributed by atoms with Gasteiger partial charge in [0.05, 0.1) is 16.3 Å². The lowest BCUT2D eigenvalue weighted by Gasteiger charge is -2.10. The van der Waals surface area contributed by atoms with Gasteiger partial charge < -0.3 is 5.73 Å². The second-order valence-corrected chi connectivity index (χ2v) is 6.66. The topological polar surface area (TPSA) is 107 Å². The van der Waals surface area contributed by atoms with Crippen molar-refractivity contribution in [3.05, 3.63) is 65.0 Å². The third-order valence-electron chi connectivity index (χ3n) is 3.73. The maximum Gasteiger partial charge on any atom is 0.295 e. The van der Waals surface area contributed by atoms with Gasteiger partial charge in [-0.1, -0.05) is 30.3 Å². The summed E-state index contributed by atoms with van der Waals surface area (Å²) in [6.07, 6.45) is 0. The lowest BCUT2D eigenvalue weighted by molar-refractivity contribution is 0.483. The van der Waals surface area contributed by atoms with Crippen LogP contribution in [0.15, 0.2) is 64.3 Å². The van der Waals surface area contributed by atoms with Crippen LogP contribution in [0.5, 0.6) is 0 Å². The third-order valence-corrected chi connectivity index (χ3v) is 4.60. The number of aromatic nitrogens is 2. The molecule has 0 saturated carbocycles. The quantitative estimate of drug-likeness (QED) is 0.702. The van der Waals surface area contributed by atoms with E-state index in [1.807, 2.05) is 30.3 Å². The Morgan fingerprint density at radius 2 is 1.58 bits per heavy atom. The molecule has 0 spiro atoms. The summed E-state index contributed by atoms with van der Waals surface area (Å²) in [6.45, 7) is 0. The maximum atomic E-state index is 12.5. The highest BCUT2D eigenvalue weighted by molar-refractivity contribution is 7.85. The molecule has 3 aromatic rings. The number of rotatable bonds is 3.